The molecule has 0 aliphatic heterocycles. The zero-order valence-electron chi connectivity index (χ0n) is 10.7. The first-order valence-electron chi connectivity index (χ1n) is 6.50. The van der Waals surface area contributed by atoms with Crippen molar-refractivity contribution in [2.45, 2.75) is 38.1 Å². The number of rotatable bonds is 2. The maximum atomic E-state index is 11.8. The fourth-order valence-corrected chi connectivity index (χ4v) is 2.78. The molecule has 4 N–H and O–H groups in total. The van der Waals surface area contributed by atoms with Gasteiger partial charge in [0.15, 0.2) is 5.13 Å². The molecule has 2 amide bonds. The first kappa shape index (κ1) is 13.8. The van der Waals surface area contributed by atoms with Gasteiger partial charge in [0.1, 0.15) is 0 Å². The van der Waals surface area contributed by atoms with Crippen LogP contribution in [-0.2, 0) is 0 Å². The fourth-order valence-electron chi connectivity index (χ4n) is 2.09. The molecule has 19 heavy (non-hydrogen) atoms. The zero-order chi connectivity index (χ0) is 13.5. The lowest BCUT2D eigenvalue weighted by molar-refractivity contribution is 0.244. The molecule has 0 unspecified atom stereocenters. The van der Waals surface area contributed by atoms with Crippen molar-refractivity contribution in [3.63, 3.8) is 0 Å². The standard InChI is InChI=1S/C13H18N4OS/c14-8-4-7-11-9-15-13(19-11)17-12(18)16-10-5-2-1-3-6-10/h9-10H,1-3,5-6,8,14H2,(H2,15,16,17,18). The number of thiazole rings is 1. The highest BCUT2D eigenvalue weighted by Gasteiger charge is 2.16. The smallest absolute Gasteiger partial charge is 0.321 e. The molecule has 1 aliphatic carbocycles. The van der Waals surface area contributed by atoms with Crippen molar-refractivity contribution in [3.8, 4) is 11.8 Å². The van der Waals surface area contributed by atoms with Crippen molar-refractivity contribution in [2.75, 3.05) is 11.9 Å². The van der Waals surface area contributed by atoms with Gasteiger partial charge in [0.05, 0.1) is 17.6 Å². The Kier molecular flexibility index (Phi) is 5.19. The zero-order valence-corrected chi connectivity index (χ0v) is 11.6. The van der Waals surface area contributed by atoms with Gasteiger partial charge in [0.2, 0.25) is 0 Å². The normalized spacial score (nSPS) is 15.4. The van der Waals surface area contributed by atoms with Crippen LogP contribution in [0, 0.1) is 11.8 Å². The Labute approximate surface area is 117 Å². The minimum absolute atomic E-state index is 0.181. The quantitative estimate of drug-likeness (QED) is 0.723. The lowest BCUT2D eigenvalue weighted by Crippen LogP contribution is -2.38. The molecule has 1 aromatic heterocycles. The third-order valence-electron chi connectivity index (χ3n) is 2.98. The minimum Gasteiger partial charge on any atom is -0.335 e. The van der Waals surface area contributed by atoms with Crippen LogP contribution >= 0.6 is 11.3 Å². The lowest BCUT2D eigenvalue weighted by atomic mass is 9.96. The van der Waals surface area contributed by atoms with Gasteiger partial charge in [-0.1, -0.05) is 42.4 Å². The van der Waals surface area contributed by atoms with Gasteiger partial charge in [-0.25, -0.2) is 9.78 Å². The van der Waals surface area contributed by atoms with Crippen LogP contribution in [0.1, 0.15) is 37.0 Å². The number of aromatic nitrogens is 1. The van der Waals surface area contributed by atoms with Gasteiger partial charge in [-0.05, 0) is 12.8 Å². The summed E-state index contributed by atoms with van der Waals surface area (Å²) < 4.78 is 0. The molecule has 1 saturated carbocycles. The highest BCUT2D eigenvalue weighted by atomic mass is 32.1. The first-order valence-corrected chi connectivity index (χ1v) is 7.32. The predicted octanol–water partition coefficient (Wildman–Crippen LogP) is 1.91. The Morgan fingerprint density at radius 1 is 1.47 bits per heavy atom. The number of hydrogen-bond donors (Lipinski definition) is 3. The molecule has 102 valence electrons. The molecular weight excluding hydrogens is 260 g/mol. The third kappa shape index (κ3) is 4.54. The van der Waals surface area contributed by atoms with Crippen LogP contribution in [0.15, 0.2) is 6.20 Å². The van der Waals surface area contributed by atoms with E-state index in [1.807, 2.05) is 0 Å². The van der Waals surface area contributed by atoms with Gasteiger partial charge in [0.25, 0.3) is 0 Å². The van der Waals surface area contributed by atoms with Crippen LogP contribution in [0.4, 0.5) is 9.93 Å². The summed E-state index contributed by atoms with van der Waals surface area (Å²) in [5.41, 5.74) is 5.30. The second kappa shape index (κ2) is 7.12. The summed E-state index contributed by atoms with van der Waals surface area (Å²) in [5, 5.41) is 6.29. The Morgan fingerprint density at radius 3 is 3.00 bits per heavy atom. The molecule has 1 aromatic rings. The second-order valence-corrected chi connectivity index (χ2v) is 5.50. The number of amides is 2. The van der Waals surface area contributed by atoms with Crippen molar-refractivity contribution < 1.29 is 4.79 Å². The Hall–Kier alpha value is -1.58. The molecule has 6 heteroatoms. The summed E-state index contributed by atoms with van der Waals surface area (Å²) in [6.45, 7) is 0.322. The second-order valence-electron chi connectivity index (χ2n) is 4.47. The number of nitrogens with one attached hydrogen (secondary N) is 2. The van der Waals surface area contributed by atoms with Crippen molar-refractivity contribution >= 4 is 22.5 Å². The minimum atomic E-state index is -0.181. The maximum Gasteiger partial charge on any atom is 0.321 e. The summed E-state index contributed by atoms with van der Waals surface area (Å²) >= 11 is 1.35. The van der Waals surface area contributed by atoms with E-state index in [2.05, 4.69) is 27.5 Å². The van der Waals surface area contributed by atoms with E-state index in [9.17, 15) is 4.79 Å². The van der Waals surface area contributed by atoms with Gasteiger partial charge in [0, 0.05) is 6.04 Å². The Bertz CT molecular complexity index is 482. The van der Waals surface area contributed by atoms with Crippen LogP contribution in [0.5, 0.6) is 0 Å². The van der Waals surface area contributed by atoms with E-state index in [-0.39, 0.29) is 6.03 Å². The number of nitrogens with zero attached hydrogens (tertiary/aromatic N) is 1. The highest BCUT2D eigenvalue weighted by Crippen LogP contribution is 2.19. The van der Waals surface area contributed by atoms with E-state index in [0.29, 0.717) is 17.7 Å². The molecule has 0 bridgehead atoms. The average molecular weight is 278 g/mol. The molecule has 0 atom stereocenters. The first-order chi connectivity index (χ1) is 9.28. The van der Waals surface area contributed by atoms with Crippen LogP contribution < -0.4 is 16.4 Å². The van der Waals surface area contributed by atoms with Gasteiger partial charge in [-0.3, -0.25) is 5.32 Å². The SMILES string of the molecule is NCC#Cc1cnc(NC(=O)NC2CCCCC2)s1. The predicted molar refractivity (Wildman–Crippen MR) is 77.1 cm³/mol. The van der Waals surface area contributed by atoms with E-state index in [0.717, 1.165) is 17.7 Å². The summed E-state index contributed by atoms with van der Waals surface area (Å²) in [4.78, 5) is 16.7. The summed E-state index contributed by atoms with van der Waals surface area (Å²) in [7, 11) is 0. The molecule has 1 heterocycles. The summed E-state index contributed by atoms with van der Waals surface area (Å²) in [6.07, 6.45) is 7.44. The molecule has 0 saturated heterocycles. The van der Waals surface area contributed by atoms with Crippen molar-refractivity contribution in [1.82, 2.24) is 10.3 Å². The van der Waals surface area contributed by atoms with Gasteiger partial charge >= 0.3 is 6.03 Å². The lowest BCUT2D eigenvalue weighted by Gasteiger charge is -2.22. The van der Waals surface area contributed by atoms with Gasteiger partial charge in [-0.15, -0.1) is 0 Å². The van der Waals surface area contributed by atoms with Crippen LogP contribution in [-0.4, -0.2) is 23.6 Å². The third-order valence-corrected chi connectivity index (χ3v) is 3.81. The van der Waals surface area contributed by atoms with Crippen LogP contribution in [0.2, 0.25) is 0 Å². The molecule has 0 radical (unpaired) electrons. The van der Waals surface area contributed by atoms with Crippen LogP contribution in [0.3, 0.4) is 0 Å². The number of carbonyl (C=O) groups excluding carboxylic acids is 1. The van der Waals surface area contributed by atoms with Gasteiger partial charge < -0.3 is 11.1 Å². The van der Waals surface area contributed by atoms with E-state index in [4.69, 9.17) is 5.73 Å². The average Bonchev–Trinajstić information content (AvgIpc) is 2.85. The molecule has 0 aromatic carbocycles. The fraction of sp³-hybridized carbons (Fsp3) is 0.538. The van der Waals surface area contributed by atoms with E-state index >= 15 is 0 Å². The number of anilines is 1. The summed E-state index contributed by atoms with van der Waals surface area (Å²) in [6, 6.07) is 0.116. The number of hydrogen-bond acceptors (Lipinski definition) is 4. The van der Waals surface area contributed by atoms with E-state index < -0.39 is 0 Å². The molecule has 1 fully saturated rings. The molecular formula is C13H18N4OS. The largest absolute Gasteiger partial charge is 0.335 e. The molecule has 0 spiro atoms. The van der Waals surface area contributed by atoms with Crippen molar-refractivity contribution in [1.29, 1.82) is 0 Å². The molecule has 2 rings (SSSR count). The number of nitrogens with two attached hydrogens (primary N) is 1. The number of carbonyl (C=O) groups is 1. The monoisotopic (exact) mass is 278 g/mol. The topological polar surface area (TPSA) is 80.0 Å². The van der Waals surface area contributed by atoms with Crippen molar-refractivity contribution in [2.24, 2.45) is 5.73 Å². The van der Waals surface area contributed by atoms with Gasteiger partial charge in [-0.2, -0.15) is 0 Å². The molecule has 5 nitrogen and oxygen atoms in total. The van der Waals surface area contributed by atoms with E-state index in [1.165, 1.54) is 30.6 Å². The summed E-state index contributed by atoms with van der Waals surface area (Å²) in [5.74, 6) is 5.65. The Morgan fingerprint density at radius 2 is 2.26 bits per heavy atom. The Balaban J connectivity index is 1.82. The van der Waals surface area contributed by atoms with Crippen molar-refractivity contribution in [3.05, 3.63) is 11.1 Å². The van der Waals surface area contributed by atoms with E-state index in [1.54, 1.807) is 6.20 Å². The highest BCUT2D eigenvalue weighted by molar-refractivity contribution is 7.16. The number of urea groups is 1. The van der Waals surface area contributed by atoms with Crippen LogP contribution in [0.25, 0.3) is 0 Å². The molecule has 1 aliphatic rings. The maximum absolute atomic E-state index is 11.8.